The Morgan fingerprint density at radius 3 is 2.54 bits per heavy atom. The van der Waals surface area contributed by atoms with Crippen LogP contribution < -0.4 is 10.1 Å². The van der Waals surface area contributed by atoms with Gasteiger partial charge in [-0.3, -0.25) is 4.79 Å². The lowest BCUT2D eigenvalue weighted by Gasteiger charge is -2.12. The summed E-state index contributed by atoms with van der Waals surface area (Å²) in [5.74, 6) is 1.20. The zero-order chi connectivity index (χ0) is 20.3. The summed E-state index contributed by atoms with van der Waals surface area (Å²) in [4.78, 5) is 17.4. The predicted molar refractivity (Wildman–Crippen MR) is 114 cm³/mol. The van der Waals surface area contributed by atoms with Crippen LogP contribution in [0.4, 0.5) is 0 Å². The number of nitrogens with zero attached hydrogens (tertiary/aromatic N) is 2. The summed E-state index contributed by atoms with van der Waals surface area (Å²) in [6.45, 7) is 9.49. The highest BCUT2D eigenvalue weighted by atomic mass is 32.1. The summed E-state index contributed by atoms with van der Waals surface area (Å²) in [5.41, 5.74) is 4.66. The van der Waals surface area contributed by atoms with Crippen LogP contribution in [0, 0.1) is 19.8 Å². The van der Waals surface area contributed by atoms with E-state index in [4.69, 9.17) is 4.74 Å². The average molecular weight is 398 g/mol. The first kappa shape index (κ1) is 20.1. The quantitative estimate of drug-likeness (QED) is 0.630. The molecule has 0 bridgehead atoms. The number of amides is 1. The van der Waals surface area contributed by atoms with E-state index >= 15 is 0 Å². The van der Waals surface area contributed by atoms with Crippen molar-refractivity contribution in [1.82, 2.24) is 14.9 Å². The van der Waals surface area contributed by atoms with Gasteiger partial charge in [-0.2, -0.15) is 0 Å². The van der Waals surface area contributed by atoms with Crippen LogP contribution in [-0.4, -0.2) is 29.1 Å². The molecule has 2 aromatic heterocycles. The van der Waals surface area contributed by atoms with Gasteiger partial charge < -0.3 is 14.6 Å². The number of aryl methyl sites for hydroxylation is 1. The lowest BCUT2D eigenvalue weighted by atomic mass is 10.2. The fourth-order valence-corrected chi connectivity index (χ4v) is 3.68. The van der Waals surface area contributed by atoms with Crippen molar-refractivity contribution in [2.45, 2.75) is 34.2 Å². The molecular weight excluding hydrogens is 370 g/mol. The zero-order valence-electron chi connectivity index (χ0n) is 17.1. The van der Waals surface area contributed by atoms with Crippen molar-refractivity contribution in [3.63, 3.8) is 0 Å². The Kier molecular flexibility index (Phi) is 6.19. The molecule has 0 fully saturated rings. The van der Waals surface area contributed by atoms with Crippen molar-refractivity contribution >= 4 is 17.2 Å². The van der Waals surface area contributed by atoms with Crippen molar-refractivity contribution in [2.75, 3.05) is 13.7 Å². The zero-order valence-corrected chi connectivity index (χ0v) is 17.9. The molecule has 0 unspecified atom stereocenters. The highest BCUT2D eigenvalue weighted by Gasteiger charge is 2.20. The Labute approximate surface area is 170 Å². The molecule has 1 aromatic carbocycles. The van der Waals surface area contributed by atoms with Gasteiger partial charge in [-0.05, 0) is 43.5 Å². The van der Waals surface area contributed by atoms with Crippen molar-refractivity contribution in [1.29, 1.82) is 0 Å². The van der Waals surface area contributed by atoms with E-state index in [0.29, 0.717) is 24.6 Å². The lowest BCUT2D eigenvalue weighted by molar-refractivity contribution is 0.0948. The molecule has 6 heteroatoms. The number of nitrogens with one attached hydrogen (secondary N) is 1. The van der Waals surface area contributed by atoms with Crippen molar-refractivity contribution in [2.24, 2.45) is 5.92 Å². The predicted octanol–water partition coefficient (Wildman–Crippen LogP) is 4.67. The monoisotopic (exact) mass is 397 g/mol. The Balaban J connectivity index is 1.98. The van der Waals surface area contributed by atoms with Crippen LogP contribution in [-0.2, 0) is 6.54 Å². The van der Waals surface area contributed by atoms with Gasteiger partial charge in [-0.1, -0.05) is 26.0 Å². The number of hydrogen-bond acceptors (Lipinski definition) is 4. The summed E-state index contributed by atoms with van der Waals surface area (Å²) in [6, 6.07) is 9.97. The third kappa shape index (κ3) is 4.44. The minimum Gasteiger partial charge on any atom is -0.497 e. The van der Waals surface area contributed by atoms with Gasteiger partial charge in [-0.15, -0.1) is 11.3 Å². The number of ether oxygens (including phenoxy) is 1. The third-order valence-corrected chi connectivity index (χ3v) is 5.44. The first-order valence-electron chi connectivity index (χ1n) is 9.42. The van der Waals surface area contributed by atoms with Crippen LogP contribution in [0.25, 0.3) is 11.4 Å². The molecule has 0 aliphatic carbocycles. The number of methoxy groups -OCH3 is 1. The minimum absolute atomic E-state index is 0.0344. The van der Waals surface area contributed by atoms with E-state index in [1.165, 1.54) is 0 Å². The van der Waals surface area contributed by atoms with Crippen LogP contribution in [0.2, 0.25) is 0 Å². The Bertz CT molecular complexity index is 955. The van der Waals surface area contributed by atoms with E-state index in [1.807, 2.05) is 49.6 Å². The molecule has 0 atom stereocenters. The number of thiazole rings is 1. The molecule has 0 radical (unpaired) electrons. The molecule has 148 valence electrons. The van der Waals surface area contributed by atoms with E-state index in [2.05, 4.69) is 28.7 Å². The minimum atomic E-state index is -0.0344. The fourth-order valence-electron chi connectivity index (χ4n) is 3.08. The first-order valence-corrected chi connectivity index (χ1v) is 10.3. The summed E-state index contributed by atoms with van der Waals surface area (Å²) < 4.78 is 7.42. The maximum atomic E-state index is 12.7. The highest BCUT2D eigenvalue weighted by Crippen LogP contribution is 2.28. The maximum absolute atomic E-state index is 12.7. The van der Waals surface area contributed by atoms with Crippen molar-refractivity contribution < 1.29 is 9.53 Å². The van der Waals surface area contributed by atoms with Crippen LogP contribution in [0.5, 0.6) is 5.75 Å². The molecular formula is C22H27N3O2S. The first-order chi connectivity index (χ1) is 13.4. The summed E-state index contributed by atoms with van der Waals surface area (Å²) in [7, 11) is 1.66. The molecule has 0 saturated heterocycles. The molecule has 3 aromatic rings. The second kappa shape index (κ2) is 8.61. The van der Waals surface area contributed by atoms with Gasteiger partial charge in [0.2, 0.25) is 0 Å². The van der Waals surface area contributed by atoms with Crippen LogP contribution in [0.3, 0.4) is 0 Å². The number of carbonyl (C=O) groups is 1. The highest BCUT2D eigenvalue weighted by molar-refractivity contribution is 7.09. The van der Waals surface area contributed by atoms with E-state index in [9.17, 15) is 4.79 Å². The van der Waals surface area contributed by atoms with Gasteiger partial charge in [0.1, 0.15) is 5.75 Å². The van der Waals surface area contributed by atoms with E-state index in [-0.39, 0.29) is 5.91 Å². The van der Waals surface area contributed by atoms with Crippen molar-refractivity contribution in [3.05, 3.63) is 57.5 Å². The number of benzene rings is 1. The summed E-state index contributed by atoms with van der Waals surface area (Å²) >= 11 is 1.62. The molecule has 0 aliphatic rings. The average Bonchev–Trinajstić information content (AvgIpc) is 3.24. The standard InChI is InChI=1S/C22H27N3O2S/c1-14(2)11-23-22(26)19-10-21(20-13-28-16(4)24-20)25(15(19)3)12-17-6-8-18(27-5)9-7-17/h6-10,13-14H,11-12H2,1-5H3,(H,23,26). The molecule has 0 aliphatic heterocycles. The largest absolute Gasteiger partial charge is 0.497 e. The van der Waals surface area contributed by atoms with Crippen LogP contribution in [0.15, 0.2) is 35.7 Å². The lowest BCUT2D eigenvalue weighted by Crippen LogP contribution is -2.27. The molecule has 2 heterocycles. The SMILES string of the molecule is COc1ccc(Cn2c(-c3csc(C)n3)cc(C(=O)NCC(C)C)c2C)cc1. The maximum Gasteiger partial charge on any atom is 0.253 e. The van der Waals surface area contributed by atoms with Gasteiger partial charge in [0, 0.05) is 24.2 Å². The number of hydrogen-bond donors (Lipinski definition) is 1. The Hall–Kier alpha value is -2.60. The third-order valence-electron chi connectivity index (χ3n) is 4.66. The molecule has 28 heavy (non-hydrogen) atoms. The Morgan fingerprint density at radius 1 is 1.25 bits per heavy atom. The van der Waals surface area contributed by atoms with Gasteiger partial charge in [0.15, 0.2) is 0 Å². The van der Waals surface area contributed by atoms with Gasteiger partial charge in [-0.25, -0.2) is 4.98 Å². The van der Waals surface area contributed by atoms with E-state index in [0.717, 1.165) is 33.4 Å². The van der Waals surface area contributed by atoms with Gasteiger partial charge in [0.25, 0.3) is 5.91 Å². The van der Waals surface area contributed by atoms with E-state index < -0.39 is 0 Å². The van der Waals surface area contributed by atoms with Crippen LogP contribution in [0.1, 0.15) is 40.5 Å². The fraction of sp³-hybridized carbons (Fsp3) is 0.364. The second-order valence-corrected chi connectivity index (χ2v) is 8.38. The van der Waals surface area contributed by atoms with Crippen molar-refractivity contribution in [3.8, 4) is 17.1 Å². The van der Waals surface area contributed by atoms with Gasteiger partial charge >= 0.3 is 0 Å². The molecule has 5 nitrogen and oxygen atoms in total. The molecule has 1 amide bonds. The van der Waals surface area contributed by atoms with E-state index in [1.54, 1.807) is 18.4 Å². The number of aromatic nitrogens is 2. The molecule has 0 spiro atoms. The molecule has 0 saturated carbocycles. The normalized spacial score (nSPS) is 11.1. The smallest absolute Gasteiger partial charge is 0.253 e. The molecule has 3 rings (SSSR count). The topological polar surface area (TPSA) is 56.2 Å². The summed E-state index contributed by atoms with van der Waals surface area (Å²) in [5, 5.41) is 6.08. The Morgan fingerprint density at radius 2 is 1.96 bits per heavy atom. The van der Waals surface area contributed by atoms with Crippen LogP contribution >= 0.6 is 11.3 Å². The van der Waals surface area contributed by atoms with Gasteiger partial charge in [0.05, 0.1) is 29.1 Å². The second-order valence-electron chi connectivity index (χ2n) is 7.32. The number of carbonyl (C=O) groups excluding carboxylic acids is 1. The number of rotatable bonds is 7. The summed E-state index contributed by atoms with van der Waals surface area (Å²) in [6.07, 6.45) is 0. The molecule has 1 N–H and O–H groups in total.